The maximum absolute atomic E-state index is 13.1. The molecule has 1 aliphatic carbocycles. The molecule has 1 spiro atoms. The number of sulfone groups is 1. The van der Waals surface area contributed by atoms with E-state index in [1.807, 2.05) is 6.07 Å². The molecule has 2 aliphatic heterocycles. The van der Waals surface area contributed by atoms with Crippen molar-refractivity contribution in [2.75, 3.05) is 18.1 Å². The number of likely N-dealkylation sites (tertiary alicyclic amines) is 1. The van der Waals surface area contributed by atoms with Gasteiger partial charge in [-0.15, -0.1) is 0 Å². The van der Waals surface area contributed by atoms with Crippen molar-refractivity contribution in [3.05, 3.63) is 35.9 Å². The predicted octanol–water partition coefficient (Wildman–Crippen LogP) is 3.35. The molecule has 1 atom stereocenters. The number of hydrogen-bond donors (Lipinski definition) is 0. The van der Waals surface area contributed by atoms with Crippen LogP contribution < -0.4 is 0 Å². The highest BCUT2D eigenvalue weighted by Gasteiger charge is 2.55. The van der Waals surface area contributed by atoms with E-state index >= 15 is 0 Å². The number of carbonyl (C=O) groups excluding carboxylic acids is 1. The predicted molar refractivity (Wildman–Crippen MR) is 97.8 cm³/mol. The molecule has 4 nitrogen and oxygen atoms in total. The van der Waals surface area contributed by atoms with Crippen molar-refractivity contribution >= 4 is 15.7 Å². The summed E-state index contributed by atoms with van der Waals surface area (Å²) in [5.41, 5.74) is 1.49. The van der Waals surface area contributed by atoms with Crippen LogP contribution in [0, 0.1) is 11.3 Å². The smallest absolute Gasteiger partial charge is 0.226 e. The molecule has 1 amide bonds. The van der Waals surface area contributed by atoms with E-state index in [0.29, 0.717) is 12.8 Å². The van der Waals surface area contributed by atoms with Crippen LogP contribution in [0.25, 0.3) is 0 Å². The van der Waals surface area contributed by atoms with Gasteiger partial charge in [-0.1, -0.05) is 49.6 Å². The summed E-state index contributed by atoms with van der Waals surface area (Å²) in [5.74, 6) is 0.396. The first kappa shape index (κ1) is 17.1. The molecular formula is C20H27NO3S. The van der Waals surface area contributed by atoms with E-state index in [4.69, 9.17) is 0 Å². The molecule has 1 unspecified atom stereocenters. The Hall–Kier alpha value is -1.36. The van der Waals surface area contributed by atoms with Crippen LogP contribution in [0.3, 0.4) is 0 Å². The minimum Gasteiger partial charge on any atom is -0.334 e. The number of nitrogens with zero attached hydrogens (tertiary/aromatic N) is 1. The molecule has 1 saturated carbocycles. The molecule has 1 aromatic rings. The summed E-state index contributed by atoms with van der Waals surface area (Å²) in [5, 5.41) is 0. The van der Waals surface area contributed by atoms with Crippen molar-refractivity contribution in [2.45, 2.75) is 51.0 Å². The van der Waals surface area contributed by atoms with Gasteiger partial charge in [0, 0.05) is 17.9 Å². The summed E-state index contributed by atoms with van der Waals surface area (Å²) in [6.07, 6.45) is 7.21. The zero-order valence-corrected chi connectivity index (χ0v) is 15.5. The van der Waals surface area contributed by atoms with Gasteiger partial charge in [0.15, 0.2) is 0 Å². The minimum atomic E-state index is -2.93. The molecule has 1 aromatic carbocycles. The van der Waals surface area contributed by atoms with E-state index in [0.717, 1.165) is 6.54 Å². The quantitative estimate of drug-likeness (QED) is 0.812. The van der Waals surface area contributed by atoms with Crippen LogP contribution in [0.1, 0.15) is 56.6 Å². The van der Waals surface area contributed by atoms with Gasteiger partial charge in [-0.25, -0.2) is 8.42 Å². The molecule has 0 bridgehead atoms. The topological polar surface area (TPSA) is 54.5 Å². The number of carbonyl (C=O) groups is 1. The first-order valence-electron chi connectivity index (χ1n) is 9.57. The van der Waals surface area contributed by atoms with E-state index in [9.17, 15) is 13.2 Å². The van der Waals surface area contributed by atoms with Crippen LogP contribution >= 0.6 is 0 Å². The number of hydrogen-bond acceptors (Lipinski definition) is 3. The van der Waals surface area contributed by atoms with Crippen LogP contribution in [0.2, 0.25) is 0 Å². The summed E-state index contributed by atoms with van der Waals surface area (Å²) < 4.78 is 23.4. The second kappa shape index (κ2) is 6.42. The Kier molecular flexibility index (Phi) is 4.38. The average molecular weight is 362 g/mol. The molecule has 4 rings (SSSR count). The average Bonchev–Trinajstić information content (AvgIpc) is 2.61. The van der Waals surface area contributed by atoms with Crippen molar-refractivity contribution in [1.29, 1.82) is 0 Å². The highest BCUT2D eigenvalue weighted by atomic mass is 32.2. The van der Waals surface area contributed by atoms with Gasteiger partial charge >= 0.3 is 0 Å². The molecule has 2 heterocycles. The number of rotatable bonds is 2. The Morgan fingerprint density at radius 3 is 2.28 bits per heavy atom. The molecule has 25 heavy (non-hydrogen) atoms. The van der Waals surface area contributed by atoms with Gasteiger partial charge in [0.25, 0.3) is 0 Å². The summed E-state index contributed by atoms with van der Waals surface area (Å²) in [6, 6.07) is 10.6. The standard InChI is InChI=1S/C20H27NO3S/c22-19(17-9-13-25(23,24)14-10-17)21-15-20(11-5-2-6-12-20)18(21)16-7-3-1-4-8-16/h1,3-4,7-8,17-18H,2,5-6,9-15H2. The zero-order valence-electron chi connectivity index (χ0n) is 14.7. The Balaban J connectivity index is 1.56. The van der Waals surface area contributed by atoms with E-state index in [-0.39, 0.29) is 34.8 Å². The fourth-order valence-corrected chi connectivity index (χ4v) is 6.66. The van der Waals surface area contributed by atoms with Gasteiger partial charge in [0.2, 0.25) is 5.91 Å². The summed E-state index contributed by atoms with van der Waals surface area (Å²) in [4.78, 5) is 15.2. The van der Waals surface area contributed by atoms with Crippen LogP contribution in [-0.2, 0) is 14.6 Å². The number of benzene rings is 1. The van der Waals surface area contributed by atoms with Crippen molar-refractivity contribution in [3.63, 3.8) is 0 Å². The zero-order chi connectivity index (χ0) is 17.5. The molecular weight excluding hydrogens is 334 g/mol. The van der Waals surface area contributed by atoms with Crippen molar-refractivity contribution < 1.29 is 13.2 Å². The van der Waals surface area contributed by atoms with Crippen molar-refractivity contribution in [1.82, 2.24) is 4.90 Å². The second-order valence-corrected chi connectivity index (χ2v) is 10.4. The second-order valence-electron chi connectivity index (χ2n) is 8.13. The maximum atomic E-state index is 13.1. The first-order valence-corrected chi connectivity index (χ1v) is 11.4. The Morgan fingerprint density at radius 1 is 1.00 bits per heavy atom. The van der Waals surface area contributed by atoms with Gasteiger partial charge in [0.1, 0.15) is 9.84 Å². The van der Waals surface area contributed by atoms with E-state index in [2.05, 4.69) is 29.2 Å². The van der Waals surface area contributed by atoms with Crippen LogP contribution in [0.4, 0.5) is 0 Å². The van der Waals surface area contributed by atoms with Gasteiger partial charge in [-0.05, 0) is 31.2 Å². The van der Waals surface area contributed by atoms with E-state index < -0.39 is 9.84 Å². The Morgan fingerprint density at radius 2 is 1.64 bits per heavy atom. The molecule has 0 radical (unpaired) electrons. The minimum absolute atomic E-state index is 0.115. The summed E-state index contributed by atoms with van der Waals surface area (Å²) >= 11 is 0. The molecule has 0 aromatic heterocycles. The van der Waals surface area contributed by atoms with Crippen molar-refractivity contribution in [2.24, 2.45) is 11.3 Å². The van der Waals surface area contributed by atoms with E-state index in [1.165, 1.54) is 37.7 Å². The van der Waals surface area contributed by atoms with Gasteiger partial charge in [-0.2, -0.15) is 0 Å². The molecule has 3 fully saturated rings. The largest absolute Gasteiger partial charge is 0.334 e. The summed E-state index contributed by atoms with van der Waals surface area (Å²) in [7, 11) is -2.93. The third-order valence-corrected chi connectivity index (χ3v) is 8.24. The lowest BCUT2D eigenvalue weighted by Crippen LogP contribution is -2.62. The normalized spacial score (nSPS) is 28.5. The SMILES string of the molecule is O=C(C1CCS(=O)(=O)CC1)N1CC2(CCCCC2)C1c1ccccc1. The lowest BCUT2D eigenvalue weighted by molar-refractivity contribution is -0.165. The lowest BCUT2D eigenvalue weighted by atomic mass is 9.60. The summed E-state index contributed by atoms with van der Waals surface area (Å²) in [6.45, 7) is 0.856. The highest BCUT2D eigenvalue weighted by Crippen LogP contribution is 2.57. The Bertz CT molecular complexity index is 723. The third kappa shape index (κ3) is 3.12. The molecule has 136 valence electrons. The molecule has 3 aliphatic rings. The monoisotopic (exact) mass is 361 g/mol. The van der Waals surface area contributed by atoms with Crippen LogP contribution in [-0.4, -0.2) is 37.3 Å². The number of amides is 1. The first-order chi connectivity index (χ1) is 12.0. The fourth-order valence-electron chi connectivity index (χ4n) is 5.17. The molecule has 5 heteroatoms. The maximum Gasteiger partial charge on any atom is 0.226 e. The van der Waals surface area contributed by atoms with Crippen molar-refractivity contribution in [3.8, 4) is 0 Å². The van der Waals surface area contributed by atoms with E-state index in [1.54, 1.807) is 0 Å². The third-order valence-electron chi connectivity index (χ3n) is 6.53. The molecule has 0 N–H and O–H groups in total. The molecule has 2 saturated heterocycles. The lowest BCUT2D eigenvalue weighted by Gasteiger charge is -2.60. The van der Waals surface area contributed by atoms with Gasteiger partial charge < -0.3 is 4.90 Å². The highest BCUT2D eigenvalue weighted by molar-refractivity contribution is 7.91. The van der Waals surface area contributed by atoms with Gasteiger partial charge in [0.05, 0.1) is 17.5 Å². The van der Waals surface area contributed by atoms with Gasteiger partial charge in [-0.3, -0.25) is 4.79 Å². The fraction of sp³-hybridized carbons (Fsp3) is 0.650. The van der Waals surface area contributed by atoms with Crippen LogP contribution in [0.5, 0.6) is 0 Å². The van der Waals surface area contributed by atoms with Crippen LogP contribution in [0.15, 0.2) is 30.3 Å². The Labute approximate surface area is 150 Å².